The summed E-state index contributed by atoms with van der Waals surface area (Å²) in [5.74, 6) is 0.506. The fourth-order valence-electron chi connectivity index (χ4n) is 1.93. The fraction of sp³-hybridized carbons (Fsp3) is 0.750. The normalized spacial score (nSPS) is 18.9. The topological polar surface area (TPSA) is 60.4 Å². The van der Waals surface area contributed by atoms with E-state index in [1.807, 2.05) is 25.8 Å². The molecule has 6 nitrogen and oxygen atoms in total. The average molecular weight is 287 g/mol. The Morgan fingerprint density at radius 1 is 1.42 bits per heavy atom. The van der Waals surface area contributed by atoms with Gasteiger partial charge in [-0.1, -0.05) is 0 Å². The average Bonchev–Trinajstić information content (AvgIpc) is 2.80. The van der Waals surface area contributed by atoms with E-state index in [4.69, 9.17) is 21.1 Å². The van der Waals surface area contributed by atoms with E-state index >= 15 is 0 Å². The van der Waals surface area contributed by atoms with Crippen molar-refractivity contribution >= 4 is 17.5 Å². The predicted molar refractivity (Wildman–Crippen MR) is 72.8 cm³/mol. The largest absolute Gasteiger partial charge is 0.461 e. The maximum absolute atomic E-state index is 5.89. The Bertz CT molecular complexity index is 424. The van der Waals surface area contributed by atoms with Crippen LogP contribution >= 0.6 is 11.6 Å². The highest BCUT2D eigenvalue weighted by molar-refractivity contribution is 6.28. The van der Waals surface area contributed by atoms with Gasteiger partial charge in [0.2, 0.25) is 11.2 Å². The van der Waals surface area contributed by atoms with Gasteiger partial charge in [0.1, 0.15) is 0 Å². The Morgan fingerprint density at radius 3 is 2.84 bits per heavy atom. The molecule has 1 saturated heterocycles. The van der Waals surface area contributed by atoms with Crippen LogP contribution in [0.4, 0.5) is 5.95 Å². The molecule has 1 aromatic heterocycles. The van der Waals surface area contributed by atoms with Gasteiger partial charge in [-0.05, 0) is 38.3 Å². The summed E-state index contributed by atoms with van der Waals surface area (Å²) >= 11 is 5.89. The molecule has 0 aliphatic carbocycles. The van der Waals surface area contributed by atoms with E-state index in [2.05, 4.69) is 15.0 Å². The number of hydrogen-bond acceptors (Lipinski definition) is 6. The second-order valence-corrected chi connectivity index (χ2v) is 5.21. The van der Waals surface area contributed by atoms with Crippen molar-refractivity contribution < 1.29 is 9.47 Å². The zero-order chi connectivity index (χ0) is 13.8. The van der Waals surface area contributed by atoms with E-state index in [1.54, 1.807) is 0 Å². The molecule has 2 heterocycles. The standard InChI is InChI=1S/C12H19ClN4O2/c1-8(2)19-12-15-10(13)14-11(16-12)17(3)7-9-5-4-6-18-9/h8-9H,4-7H2,1-3H3. The van der Waals surface area contributed by atoms with Crippen LogP contribution in [0.15, 0.2) is 0 Å². The molecule has 7 heteroatoms. The molecule has 0 saturated carbocycles. The summed E-state index contributed by atoms with van der Waals surface area (Å²) in [5, 5.41) is 0.139. The molecule has 2 rings (SSSR count). The molecular weight excluding hydrogens is 268 g/mol. The van der Waals surface area contributed by atoms with Gasteiger partial charge in [0.15, 0.2) is 0 Å². The molecule has 1 aliphatic rings. The van der Waals surface area contributed by atoms with Crippen molar-refractivity contribution in [3.8, 4) is 6.01 Å². The van der Waals surface area contributed by atoms with Crippen molar-refractivity contribution in [2.24, 2.45) is 0 Å². The number of hydrogen-bond donors (Lipinski definition) is 0. The summed E-state index contributed by atoms with van der Waals surface area (Å²) in [6.07, 6.45) is 2.40. The first-order chi connectivity index (χ1) is 9.04. The molecular formula is C12H19ClN4O2. The van der Waals surface area contributed by atoms with E-state index in [0.29, 0.717) is 5.95 Å². The van der Waals surface area contributed by atoms with Crippen LogP contribution < -0.4 is 9.64 Å². The summed E-state index contributed by atoms with van der Waals surface area (Å²) in [6, 6.07) is 0.254. The van der Waals surface area contributed by atoms with Gasteiger partial charge in [-0.25, -0.2) is 0 Å². The van der Waals surface area contributed by atoms with Crippen molar-refractivity contribution in [3.05, 3.63) is 5.28 Å². The maximum Gasteiger partial charge on any atom is 0.322 e. The third-order valence-corrected chi connectivity index (χ3v) is 2.93. The van der Waals surface area contributed by atoms with Crippen LogP contribution in [0.25, 0.3) is 0 Å². The Hall–Kier alpha value is -1.14. The monoisotopic (exact) mass is 286 g/mol. The van der Waals surface area contributed by atoms with E-state index in [9.17, 15) is 0 Å². The minimum atomic E-state index is -0.00483. The molecule has 0 N–H and O–H groups in total. The van der Waals surface area contributed by atoms with Crippen molar-refractivity contribution in [1.29, 1.82) is 0 Å². The fourth-order valence-corrected chi connectivity index (χ4v) is 2.08. The van der Waals surface area contributed by atoms with Crippen LogP contribution in [-0.4, -0.2) is 47.4 Å². The highest BCUT2D eigenvalue weighted by Gasteiger charge is 2.19. The summed E-state index contributed by atoms with van der Waals surface area (Å²) in [7, 11) is 1.91. The molecule has 0 aromatic carbocycles. The van der Waals surface area contributed by atoms with Crippen LogP contribution in [0.2, 0.25) is 5.28 Å². The van der Waals surface area contributed by atoms with Crippen molar-refractivity contribution in [2.45, 2.75) is 38.9 Å². The van der Waals surface area contributed by atoms with Gasteiger partial charge in [0.25, 0.3) is 0 Å². The number of aromatic nitrogens is 3. The molecule has 1 unspecified atom stereocenters. The van der Waals surface area contributed by atoms with Crippen LogP contribution in [-0.2, 0) is 4.74 Å². The summed E-state index contributed by atoms with van der Waals surface area (Å²) in [6.45, 7) is 5.39. The minimum absolute atomic E-state index is 0.00483. The smallest absolute Gasteiger partial charge is 0.322 e. The molecule has 0 bridgehead atoms. The zero-order valence-electron chi connectivity index (χ0n) is 11.5. The minimum Gasteiger partial charge on any atom is -0.461 e. The predicted octanol–water partition coefficient (Wildman–Crippen LogP) is 1.93. The number of likely N-dealkylation sites (N-methyl/N-ethyl adjacent to an activating group) is 1. The Kier molecular flexibility index (Phi) is 4.76. The van der Waals surface area contributed by atoms with Gasteiger partial charge in [0.05, 0.1) is 12.2 Å². The molecule has 0 radical (unpaired) electrons. The SMILES string of the molecule is CC(C)Oc1nc(Cl)nc(N(C)CC2CCCO2)n1. The molecule has 19 heavy (non-hydrogen) atoms. The van der Waals surface area contributed by atoms with E-state index in [0.717, 1.165) is 26.0 Å². The lowest BCUT2D eigenvalue weighted by atomic mass is 10.2. The Balaban J connectivity index is 2.06. The lowest BCUT2D eigenvalue weighted by Gasteiger charge is -2.21. The number of ether oxygens (including phenoxy) is 2. The number of anilines is 1. The second kappa shape index (κ2) is 6.34. The quantitative estimate of drug-likeness (QED) is 0.824. The maximum atomic E-state index is 5.89. The summed E-state index contributed by atoms with van der Waals surface area (Å²) in [5.41, 5.74) is 0. The zero-order valence-corrected chi connectivity index (χ0v) is 12.2. The molecule has 1 atom stereocenters. The van der Waals surface area contributed by atoms with Crippen LogP contribution in [0.5, 0.6) is 6.01 Å². The molecule has 0 spiro atoms. The molecule has 106 valence electrons. The van der Waals surface area contributed by atoms with E-state index in [1.165, 1.54) is 0 Å². The van der Waals surface area contributed by atoms with Crippen molar-refractivity contribution in [3.63, 3.8) is 0 Å². The van der Waals surface area contributed by atoms with Crippen LogP contribution in [0, 0.1) is 0 Å². The summed E-state index contributed by atoms with van der Waals surface area (Å²) in [4.78, 5) is 14.2. The number of halogens is 1. The number of nitrogens with zero attached hydrogens (tertiary/aromatic N) is 4. The van der Waals surface area contributed by atoms with Gasteiger partial charge >= 0.3 is 6.01 Å². The van der Waals surface area contributed by atoms with Gasteiger partial charge in [-0.3, -0.25) is 0 Å². The molecule has 1 aromatic rings. The van der Waals surface area contributed by atoms with Gasteiger partial charge in [-0.2, -0.15) is 15.0 Å². The molecule has 0 amide bonds. The number of rotatable bonds is 5. The van der Waals surface area contributed by atoms with E-state index in [-0.39, 0.29) is 23.5 Å². The third-order valence-electron chi connectivity index (χ3n) is 2.76. The van der Waals surface area contributed by atoms with E-state index < -0.39 is 0 Å². The van der Waals surface area contributed by atoms with Crippen LogP contribution in [0.1, 0.15) is 26.7 Å². The van der Waals surface area contributed by atoms with Gasteiger partial charge in [-0.15, -0.1) is 0 Å². The first-order valence-electron chi connectivity index (χ1n) is 6.45. The Labute approximate surface area is 118 Å². The van der Waals surface area contributed by atoms with Gasteiger partial charge in [0, 0.05) is 20.2 Å². The highest BCUT2D eigenvalue weighted by atomic mass is 35.5. The second-order valence-electron chi connectivity index (χ2n) is 4.87. The molecule has 1 fully saturated rings. The Morgan fingerprint density at radius 2 is 2.21 bits per heavy atom. The molecule has 1 aliphatic heterocycles. The lowest BCUT2D eigenvalue weighted by Crippen LogP contribution is -2.30. The highest BCUT2D eigenvalue weighted by Crippen LogP contribution is 2.18. The first kappa shape index (κ1) is 14.3. The lowest BCUT2D eigenvalue weighted by molar-refractivity contribution is 0.116. The summed E-state index contributed by atoms with van der Waals surface area (Å²) < 4.78 is 11.0. The van der Waals surface area contributed by atoms with Crippen LogP contribution in [0.3, 0.4) is 0 Å². The van der Waals surface area contributed by atoms with Gasteiger partial charge < -0.3 is 14.4 Å². The van der Waals surface area contributed by atoms with Crippen molar-refractivity contribution in [1.82, 2.24) is 15.0 Å². The first-order valence-corrected chi connectivity index (χ1v) is 6.83. The third kappa shape index (κ3) is 4.18. The van der Waals surface area contributed by atoms with Crippen molar-refractivity contribution in [2.75, 3.05) is 25.1 Å².